The number of fused-ring (bicyclic) bond motifs is 2. The lowest BCUT2D eigenvalue weighted by Crippen LogP contribution is -2.24. The van der Waals surface area contributed by atoms with Crippen LogP contribution in [-0.4, -0.2) is 12.7 Å². The first-order valence-electron chi connectivity index (χ1n) is 6.76. The van der Waals surface area contributed by atoms with Crippen LogP contribution in [0.4, 0.5) is 0 Å². The van der Waals surface area contributed by atoms with Crippen molar-refractivity contribution in [2.45, 2.75) is 6.10 Å². The maximum Gasteiger partial charge on any atom is 0.142 e. The van der Waals surface area contributed by atoms with E-state index in [1.54, 1.807) is 0 Å². The van der Waals surface area contributed by atoms with Gasteiger partial charge in [-0.1, -0.05) is 42.5 Å². The van der Waals surface area contributed by atoms with Gasteiger partial charge in [-0.25, -0.2) is 0 Å². The van der Waals surface area contributed by atoms with Crippen LogP contribution in [-0.2, 0) is 0 Å². The predicted octanol–water partition coefficient (Wildman–Crippen LogP) is 3.94. The summed E-state index contributed by atoms with van der Waals surface area (Å²) in [6.45, 7) is 0.578. The Balaban J connectivity index is 1.67. The highest BCUT2D eigenvalue weighted by Gasteiger charge is 2.22. The van der Waals surface area contributed by atoms with Gasteiger partial charge < -0.3 is 9.47 Å². The van der Waals surface area contributed by atoms with E-state index < -0.39 is 0 Å². The molecule has 0 saturated carbocycles. The zero-order chi connectivity index (χ0) is 13.4. The molecule has 2 aliphatic rings. The Morgan fingerprint density at radius 1 is 0.850 bits per heavy atom. The van der Waals surface area contributed by atoms with Crippen LogP contribution in [0.1, 0.15) is 11.1 Å². The van der Waals surface area contributed by atoms with Crippen LogP contribution in [0.15, 0.2) is 60.2 Å². The minimum absolute atomic E-state index is 0.0433. The molecule has 98 valence electrons. The molecule has 2 aliphatic heterocycles. The van der Waals surface area contributed by atoms with Gasteiger partial charge in [0.15, 0.2) is 0 Å². The molecule has 2 heteroatoms. The van der Waals surface area contributed by atoms with Gasteiger partial charge in [-0.15, -0.1) is 0 Å². The monoisotopic (exact) mass is 262 g/mol. The Kier molecular flexibility index (Phi) is 2.59. The van der Waals surface area contributed by atoms with Crippen molar-refractivity contribution in [3.8, 4) is 11.5 Å². The van der Waals surface area contributed by atoms with E-state index in [0.717, 1.165) is 28.2 Å². The van der Waals surface area contributed by atoms with Crippen LogP contribution in [0.25, 0.3) is 12.2 Å². The highest BCUT2D eigenvalue weighted by Crippen LogP contribution is 2.32. The summed E-state index contributed by atoms with van der Waals surface area (Å²) in [4.78, 5) is 0. The summed E-state index contributed by atoms with van der Waals surface area (Å²) < 4.78 is 11.8. The molecular formula is C18H14O2. The van der Waals surface area contributed by atoms with Crippen LogP contribution in [0.3, 0.4) is 0 Å². The van der Waals surface area contributed by atoms with Crippen LogP contribution < -0.4 is 9.47 Å². The van der Waals surface area contributed by atoms with Gasteiger partial charge in [-0.2, -0.15) is 0 Å². The summed E-state index contributed by atoms with van der Waals surface area (Å²) in [7, 11) is 0. The van der Waals surface area contributed by atoms with E-state index in [9.17, 15) is 0 Å². The zero-order valence-corrected chi connectivity index (χ0v) is 11.0. The first kappa shape index (κ1) is 11.4. The van der Waals surface area contributed by atoms with Crippen LogP contribution in [0.2, 0.25) is 0 Å². The molecule has 0 aliphatic carbocycles. The molecule has 0 aromatic heterocycles. The molecule has 0 saturated heterocycles. The van der Waals surface area contributed by atoms with Gasteiger partial charge in [0.2, 0.25) is 0 Å². The van der Waals surface area contributed by atoms with Crippen molar-refractivity contribution in [3.63, 3.8) is 0 Å². The molecule has 2 nitrogen and oxygen atoms in total. The van der Waals surface area contributed by atoms with Gasteiger partial charge in [-0.05, 0) is 24.3 Å². The third-order valence-corrected chi connectivity index (χ3v) is 3.64. The molecule has 0 radical (unpaired) electrons. The molecule has 0 spiro atoms. The van der Waals surface area contributed by atoms with Gasteiger partial charge in [0.05, 0.1) is 0 Å². The van der Waals surface area contributed by atoms with Crippen molar-refractivity contribution < 1.29 is 9.47 Å². The van der Waals surface area contributed by atoms with Crippen molar-refractivity contribution in [3.05, 3.63) is 71.3 Å². The number of para-hydroxylation sites is 2. The fraction of sp³-hybridized carbons (Fsp3) is 0.111. The summed E-state index contributed by atoms with van der Waals surface area (Å²) in [6.07, 6.45) is 6.33. The van der Waals surface area contributed by atoms with Gasteiger partial charge in [0.25, 0.3) is 0 Å². The maximum atomic E-state index is 6.05. The second-order valence-corrected chi connectivity index (χ2v) is 4.98. The third kappa shape index (κ3) is 1.90. The normalized spacial score (nSPS) is 19.2. The zero-order valence-electron chi connectivity index (χ0n) is 11.0. The van der Waals surface area contributed by atoms with Gasteiger partial charge in [0, 0.05) is 16.7 Å². The Hall–Kier alpha value is -2.48. The largest absolute Gasteiger partial charge is 0.488 e. The standard InChI is InChI=1S/C18H14O2/c1-4-8-17-13(5-1)9-10-18(20-17)15-11-14-6-2-3-7-16(14)19-12-15/h1-11,18H,12H2. The first-order valence-corrected chi connectivity index (χ1v) is 6.76. The fourth-order valence-corrected chi connectivity index (χ4v) is 2.59. The molecule has 0 amide bonds. The molecule has 1 atom stereocenters. The number of hydrogen-bond donors (Lipinski definition) is 0. The van der Waals surface area contributed by atoms with E-state index >= 15 is 0 Å². The van der Waals surface area contributed by atoms with E-state index in [-0.39, 0.29) is 6.10 Å². The minimum atomic E-state index is -0.0433. The molecule has 1 unspecified atom stereocenters. The van der Waals surface area contributed by atoms with E-state index in [2.05, 4.69) is 30.4 Å². The van der Waals surface area contributed by atoms with E-state index in [1.165, 1.54) is 0 Å². The molecule has 0 fully saturated rings. The lowest BCUT2D eigenvalue weighted by molar-refractivity contribution is 0.249. The van der Waals surface area contributed by atoms with Crippen LogP contribution >= 0.6 is 0 Å². The topological polar surface area (TPSA) is 18.5 Å². The van der Waals surface area contributed by atoms with Gasteiger partial charge in [0.1, 0.15) is 24.2 Å². The summed E-state index contributed by atoms with van der Waals surface area (Å²) in [5, 5.41) is 0. The molecule has 2 heterocycles. The quantitative estimate of drug-likeness (QED) is 0.775. The predicted molar refractivity (Wildman–Crippen MR) is 79.8 cm³/mol. The van der Waals surface area contributed by atoms with E-state index in [1.807, 2.05) is 36.4 Å². The van der Waals surface area contributed by atoms with Crippen molar-refractivity contribution in [2.75, 3.05) is 6.61 Å². The molecule has 2 aromatic rings. The summed E-state index contributed by atoms with van der Waals surface area (Å²) in [5.74, 6) is 1.87. The van der Waals surface area contributed by atoms with Crippen molar-refractivity contribution in [2.24, 2.45) is 0 Å². The molecule has 0 bridgehead atoms. The van der Waals surface area contributed by atoms with Crippen molar-refractivity contribution in [1.29, 1.82) is 0 Å². The summed E-state index contributed by atoms with van der Waals surface area (Å²) >= 11 is 0. The highest BCUT2D eigenvalue weighted by atomic mass is 16.5. The van der Waals surface area contributed by atoms with Gasteiger partial charge >= 0.3 is 0 Å². The Bertz CT molecular complexity index is 713. The third-order valence-electron chi connectivity index (χ3n) is 3.64. The average molecular weight is 262 g/mol. The second-order valence-electron chi connectivity index (χ2n) is 4.98. The minimum Gasteiger partial charge on any atom is -0.488 e. The smallest absolute Gasteiger partial charge is 0.142 e. The fourth-order valence-electron chi connectivity index (χ4n) is 2.59. The maximum absolute atomic E-state index is 6.05. The Morgan fingerprint density at radius 3 is 2.50 bits per heavy atom. The lowest BCUT2D eigenvalue weighted by Gasteiger charge is -2.26. The highest BCUT2D eigenvalue weighted by molar-refractivity contribution is 5.66. The number of benzene rings is 2. The number of hydrogen-bond acceptors (Lipinski definition) is 2. The second kappa shape index (κ2) is 4.57. The molecule has 4 rings (SSSR count). The molecule has 20 heavy (non-hydrogen) atoms. The number of rotatable bonds is 1. The Labute approximate surface area is 118 Å². The Morgan fingerprint density at radius 2 is 1.60 bits per heavy atom. The van der Waals surface area contributed by atoms with Crippen LogP contribution in [0, 0.1) is 0 Å². The molecule has 2 aromatic carbocycles. The van der Waals surface area contributed by atoms with Crippen LogP contribution in [0.5, 0.6) is 11.5 Å². The first-order chi connectivity index (χ1) is 9.90. The van der Waals surface area contributed by atoms with E-state index in [4.69, 9.17) is 9.47 Å². The van der Waals surface area contributed by atoms with E-state index in [0.29, 0.717) is 6.61 Å². The molecular weight excluding hydrogens is 248 g/mol. The lowest BCUT2D eigenvalue weighted by atomic mass is 10.0. The van der Waals surface area contributed by atoms with Crippen molar-refractivity contribution in [1.82, 2.24) is 0 Å². The molecule has 0 N–H and O–H groups in total. The summed E-state index contributed by atoms with van der Waals surface area (Å²) in [5.41, 5.74) is 3.39. The SMILES string of the molecule is C1=CC(C2=Cc3ccccc3OC2)Oc2ccccc21. The number of ether oxygens (including phenoxy) is 2. The summed E-state index contributed by atoms with van der Waals surface area (Å²) in [6, 6.07) is 16.2. The van der Waals surface area contributed by atoms with Gasteiger partial charge in [-0.3, -0.25) is 0 Å². The van der Waals surface area contributed by atoms with Crippen molar-refractivity contribution >= 4 is 12.2 Å². The average Bonchev–Trinajstić information content (AvgIpc) is 2.54.